The molecule has 0 spiro atoms. The third-order valence-electron chi connectivity index (χ3n) is 3.66. The lowest BCUT2D eigenvalue weighted by Crippen LogP contribution is -2.47. The van der Waals surface area contributed by atoms with E-state index in [0.29, 0.717) is 19.5 Å². The Labute approximate surface area is 152 Å². The Kier molecular flexibility index (Phi) is 7.31. The van der Waals surface area contributed by atoms with Gasteiger partial charge in [-0.3, -0.25) is 28.8 Å². The highest BCUT2D eigenvalue weighted by Crippen LogP contribution is 2.07. The summed E-state index contributed by atoms with van der Waals surface area (Å²) in [5.41, 5.74) is 3.84. The van der Waals surface area contributed by atoms with E-state index in [1.807, 2.05) is 34.6 Å². The second-order valence-corrected chi connectivity index (χ2v) is 7.20. The van der Waals surface area contributed by atoms with Crippen LogP contribution in [0, 0.1) is 0 Å². The van der Waals surface area contributed by atoms with Crippen molar-refractivity contribution in [3.8, 4) is 0 Å². The highest BCUT2D eigenvalue weighted by atomic mass is 16.2. The number of H-pyrrole nitrogens is 1. The molecule has 0 saturated heterocycles. The minimum Gasteiger partial charge on any atom is -0.384 e. The summed E-state index contributed by atoms with van der Waals surface area (Å²) in [6, 6.07) is 0. The minimum absolute atomic E-state index is 0.0198. The van der Waals surface area contributed by atoms with Crippen LogP contribution in [0.1, 0.15) is 51.4 Å². The minimum atomic E-state index is -0.806. The van der Waals surface area contributed by atoms with E-state index in [9.17, 15) is 19.2 Å². The van der Waals surface area contributed by atoms with Crippen LogP contribution in [0.4, 0.5) is 5.82 Å². The summed E-state index contributed by atoms with van der Waals surface area (Å²) in [5.74, 6) is -0.884. The molecule has 0 aliphatic heterocycles. The molecule has 146 valence electrons. The van der Waals surface area contributed by atoms with E-state index in [-0.39, 0.29) is 35.9 Å². The van der Waals surface area contributed by atoms with E-state index in [1.54, 1.807) is 4.90 Å². The Bertz CT molecular complexity index is 773. The Morgan fingerprint density at radius 2 is 1.81 bits per heavy atom. The van der Waals surface area contributed by atoms with Gasteiger partial charge in [0.25, 0.3) is 5.56 Å². The molecule has 0 unspecified atom stereocenters. The number of nitrogens with two attached hydrogens (primary N) is 1. The molecular weight excluding hydrogens is 338 g/mol. The van der Waals surface area contributed by atoms with Gasteiger partial charge in [-0.05, 0) is 33.7 Å². The van der Waals surface area contributed by atoms with Crippen molar-refractivity contribution >= 4 is 17.5 Å². The van der Waals surface area contributed by atoms with E-state index in [1.165, 1.54) is 4.57 Å². The summed E-state index contributed by atoms with van der Waals surface area (Å²) in [6.45, 7) is 9.87. The van der Waals surface area contributed by atoms with E-state index in [4.69, 9.17) is 5.73 Å². The van der Waals surface area contributed by atoms with Gasteiger partial charge >= 0.3 is 5.69 Å². The summed E-state index contributed by atoms with van der Waals surface area (Å²) >= 11 is 0. The smallest absolute Gasteiger partial charge is 0.329 e. The van der Waals surface area contributed by atoms with Crippen LogP contribution in [-0.4, -0.2) is 51.3 Å². The monoisotopic (exact) mass is 367 g/mol. The van der Waals surface area contributed by atoms with Gasteiger partial charge in [-0.2, -0.15) is 0 Å². The molecule has 1 heterocycles. The molecule has 0 aliphatic rings. The molecular formula is C17H29N5O4. The number of nitrogens with one attached hydrogen (secondary N) is 2. The summed E-state index contributed by atoms with van der Waals surface area (Å²) < 4.78 is 1.18. The number of hydrogen-bond donors (Lipinski definition) is 3. The standard InChI is InChI=1S/C17H29N5O4/c1-6-8-22-14(18)13(15(25)19-16(22)26)11(23)9-21(7-2)10-12(24)20-17(3,4)5/h6-10,18H2,1-5H3,(H,20,24)(H,19,25,26). The fourth-order valence-corrected chi connectivity index (χ4v) is 2.53. The zero-order chi connectivity index (χ0) is 20.1. The van der Waals surface area contributed by atoms with E-state index in [2.05, 4.69) is 10.3 Å². The van der Waals surface area contributed by atoms with E-state index < -0.39 is 17.0 Å². The quantitative estimate of drug-likeness (QED) is 0.552. The molecule has 0 aromatic carbocycles. The van der Waals surface area contributed by atoms with Crippen LogP contribution in [0.2, 0.25) is 0 Å². The van der Waals surface area contributed by atoms with Crippen molar-refractivity contribution in [1.82, 2.24) is 19.8 Å². The van der Waals surface area contributed by atoms with Crippen LogP contribution in [0.15, 0.2) is 9.59 Å². The maximum absolute atomic E-state index is 12.6. The van der Waals surface area contributed by atoms with Crippen molar-refractivity contribution in [3.63, 3.8) is 0 Å². The average molecular weight is 367 g/mol. The molecule has 1 amide bonds. The number of amides is 1. The molecule has 9 nitrogen and oxygen atoms in total. The number of likely N-dealkylation sites (N-methyl/N-ethyl adjacent to an activating group) is 1. The van der Waals surface area contributed by atoms with Gasteiger partial charge in [0.05, 0.1) is 13.1 Å². The lowest BCUT2D eigenvalue weighted by Gasteiger charge is -2.24. The molecule has 0 radical (unpaired) electrons. The van der Waals surface area contributed by atoms with E-state index >= 15 is 0 Å². The number of aromatic nitrogens is 2. The average Bonchev–Trinajstić information content (AvgIpc) is 2.48. The molecule has 1 rings (SSSR count). The van der Waals surface area contributed by atoms with Crippen LogP contribution in [0.5, 0.6) is 0 Å². The topological polar surface area (TPSA) is 130 Å². The van der Waals surface area contributed by atoms with Crippen molar-refractivity contribution < 1.29 is 9.59 Å². The Morgan fingerprint density at radius 1 is 1.19 bits per heavy atom. The number of nitrogens with zero attached hydrogens (tertiary/aromatic N) is 2. The van der Waals surface area contributed by atoms with Crippen molar-refractivity contribution in [2.24, 2.45) is 0 Å². The van der Waals surface area contributed by atoms with Crippen molar-refractivity contribution in [2.75, 3.05) is 25.4 Å². The molecule has 1 aromatic heterocycles. The summed E-state index contributed by atoms with van der Waals surface area (Å²) in [4.78, 5) is 52.3. The third kappa shape index (κ3) is 5.83. The molecule has 26 heavy (non-hydrogen) atoms. The Balaban J connectivity index is 3.02. The van der Waals surface area contributed by atoms with E-state index in [0.717, 1.165) is 0 Å². The van der Waals surface area contributed by atoms with Crippen LogP contribution < -0.4 is 22.3 Å². The second kappa shape index (κ2) is 8.79. The molecule has 4 N–H and O–H groups in total. The first-order valence-corrected chi connectivity index (χ1v) is 8.69. The number of nitrogen functional groups attached to an aromatic ring is 1. The molecule has 1 aromatic rings. The summed E-state index contributed by atoms with van der Waals surface area (Å²) in [5, 5.41) is 2.82. The zero-order valence-corrected chi connectivity index (χ0v) is 16.1. The number of Topliss-reactive ketones (excluding diaryl/α,β-unsaturated/α-hetero) is 1. The molecule has 9 heteroatoms. The highest BCUT2D eigenvalue weighted by molar-refractivity contribution is 6.01. The van der Waals surface area contributed by atoms with Crippen molar-refractivity contribution in [1.29, 1.82) is 0 Å². The molecule has 0 saturated carbocycles. The first-order valence-electron chi connectivity index (χ1n) is 8.69. The molecule has 0 bridgehead atoms. The highest BCUT2D eigenvalue weighted by Gasteiger charge is 2.23. The van der Waals surface area contributed by atoms with Crippen LogP contribution >= 0.6 is 0 Å². The number of rotatable bonds is 8. The lowest BCUT2D eigenvalue weighted by atomic mass is 10.1. The molecule has 0 aliphatic carbocycles. The number of carbonyl (C=O) groups is 2. The first kappa shape index (κ1) is 21.6. The van der Waals surface area contributed by atoms with Gasteiger partial charge in [-0.1, -0.05) is 13.8 Å². The van der Waals surface area contributed by atoms with Crippen LogP contribution in [0.3, 0.4) is 0 Å². The maximum atomic E-state index is 12.6. The number of hydrogen-bond acceptors (Lipinski definition) is 6. The van der Waals surface area contributed by atoms with Gasteiger partial charge < -0.3 is 11.1 Å². The zero-order valence-electron chi connectivity index (χ0n) is 16.1. The van der Waals surface area contributed by atoms with Gasteiger partial charge in [0.15, 0.2) is 5.78 Å². The maximum Gasteiger partial charge on any atom is 0.329 e. The molecule has 0 atom stereocenters. The summed E-state index contributed by atoms with van der Waals surface area (Å²) in [6.07, 6.45) is 0.623. The number of aromatic amines is 1. The van der Waals surface area contributed by atoms with Crippen LogP contribution in [-0.2, 0) is 11.3 Å². The van der Waals surface area contributed by atoms with Crippen molar-refractivity contribution in [2.45, 2.75) is 53.1 Å². The van der Waals surface area contributed by atoms with Gasteiger partial charge in [-0.15, -0.1) is 0 Å². The van der Waals surface area contributed by atoms with Gasteiger partial charge in [0, 0.05) is 12.1 Å². The predicted molar refractivity (Wildman–Crippen MR) is 100 cm³/mol. The second-order valence-electron chi connectivity index (χ2n) is 7.20. The first-order chi connectivity index (χ1) is 12.0. The van der Waals surface area contributed by atoms with Gasteiger partial charge in [0.2, 0.25) is 5.91 Å². The largest absolute Gasteiger partial charge is 0.384 e. The fourth-order valence-electron chi connectivity index (χ4n) is 2.53. The van der Waals surface area contributed by atoms with Crippen molar-refractivity contribution in [3.05, 3.63) is 26.4 Å². The summed E-state index contributed by atoms with van der Waals surface area (Å²) in [7, 11) is 0. The normalized spacial score (nSPS) is 11.6. The lowest BCUT2D eigenvalue weighted by molar-refractivity contribution is -0.123. The Hall–Kier alpha value is -2.42. The van der Waals surface area contributed by atoms with Gasteiger partial charge in [-0.25, -0.2) is 4.79 Å². The number of ketones is 1. The third-order valence-corrected chi connectivity index (χ3v) is 3.66. The fraction of sp³-hybridized carbons (Fsp3) is 0.647. The van der Waals surface area contributed by atoms with Gasteiger partial charge in [0.1, 0.15) is 11.4 Å². The number of carbonyl (C=O) groups excluding carboxylic acids is 2. The number of anilines is 1. The Morgan fingerprint density at radius 3 is 2.31 bits per heavy atom. The van der Waals surface area contributed by atoms with Crippen LogP contribution in [0.25, 0.3) is 0 Å². The predicted octanol–water partition coefficient (Wildman–Crippen LogP) is -0.0519. The SMILES string of the molecule is CCCn1c(N)c(C(=O)CN(CC)CC(=O)NC(C)(C)C)c(=O)[nH]c1=O. The molecule has 0 fully saturated rings.